The first-order valence-corrected chi connectivity index (χ1v) is 9.58. The van der Waals surface area contributed by atoms with Crippen molar-refractivity contribution < 1.29 is 9.63 Å². The summed E-state index contributed by atoms with van der Waals surface area (Å²) in [5.41, 5.74) is 8.09. The Labute approximate surface area is 173 Å². The average molecular weight is 404 g/mol. The Morgan fingerprint density at radius 3 is 2.48 bits per heavy atom. The van der Waals surface area contributed by atoms with Crippen molar-refractivity contribution in [2.75, 3.05) is 7.11 Å². The van der Waals surface area contributed by atoms with E-state index in [-0.39, 0.29) is 5.69 Å². The fraction of sp³-hybridized carbons (Fsp3) is 0.0870. The number of amides is 1. The number of hydrogen-bond acceptors (Lipinski definition) is 4. The Kier molecular flexibility index (Phi) is 5.51. The molecule has 144 valence electrons. The molecular formula is C23H18ClN3O2. The van der Waals surface area contributed by atoms with Crippen LogP contribution in [0, 0.1) is 0 Å². The van der Waals surface area contributed by atoms with Crippen molar-refractivity contribution in [3.8, 4) is 22.4 Å². The number of hydrogen-bond donors (Lipinski definition) is 1. The highest BCUT2D eigenvalue weighted by atomic mass is 35.5. The van der Waals surface area contributed by atoms with E-state index < -0.39 is 5.91 Å². The van der Waals surface area contributed by atoms with Crippen LogP contribution < -0.4 is 5.48 Å². The second-order valence-electron chi connectivity index (χ2n) is 6.48. The van der Waals surface area contributed by atoms with Gasteiger partial charge in [0.05, 0.1) is 18.3 Å². The molecular weight excluding hydrogens is 386 g/mol. The molecule has 0 spiro atoms. The molecule has 0 saturated carbocycles. The first-order chi connectivity index (χ1) is 14.2. The molecule has 6 heteroatoms. The van der Waals surface area contributed by atoms with Gasteiger partial charge in [0.15, 0.2) is 0 Å². The largest absolute Gasteiger partial charge is 0.293 e. The number of nitrogens with zero attached hydrogens (tertiary/aromatic N) is 2. The van der Waals surface area contributed by atoms with Crippen LogP contribution in [0.5, 0.6) is 0 Å². The first kappa shape index (κ1) is 19.1. The quantitative estimate of drug-likeness (QED) is 0.376. The van der Waals surface area contributed by atoms with Crippen molar-refractivity contribution in [3.05, 3.63) is 84.2 Å². The number of nitrogens with one attached hydrogen (secondary N) is 1. The molecule has 0 radical (unpaired) electrons. The molecule has 0 saturated heterocycles. The summed E-state index contributed by atoms with van der Waals surface area (Å²) in [4.78, 5) is 25.9. The predicted molar refractivity (Wildman–Crippen MR) is 114 cm³/mol. The number of hydroxylamine groups is 1. The van der Waals surface area contributed by atoms with Crippen LogP contribution in [-0.2, 0) is 10.7 Å². The summed E-state index contributed by atoms with van der Waals surface area (Å²) < 4.78 is 0. The van der Waals surface area contributed by atoms with Gasteiger partial charge in [-0.15, -0.1) is 11.6 Å². The molecule has 5 nitrogen and oxygen atoms in total. The van der Waals surface area contributed by atoms with Crippen molar-refractivity contribution in [1.82, 2.24) is 15.4 Å². The molecule has 0 fully saturated rings. The summed E-state index contributed by atoms with van der Waals surface area (Å²) in [6, 6.07) is 21.8. The van der Waals surface area contributed by atoms with Crippen LogP contribution in [0.25, 0.3) is 33.3 Å². The Hall–Kier alpha value is -3.28. The van der Waals surface area contributed by atoms with Gasteiger partial charge in [-0.2, -0.15) is 0 Å². The normalized spacial score (nSPS) is 10.8. The number of rotatable bonds is 5. The predicted octanol–water partition coefficient (Wildman–Crippen LogP) is 4.99. The fourth-order valence-electron chi connectivity index (χ4n) is 3.15. The highest BCUT2D eigenvalue weighted by Gasteiger charge is 2.14. The van der Waals surface area contributed by atoms with E-state index in [1.54, 1.807) is 12.3 Å². The van der Waals surface area contributed by atoms with Gasteiger partial charge < -0.3 is 0 Å². The van der Waals surface area contributed by atoms with Crippen LogP contribution in [0.15, 0.2) is 72.9 Å². The minimum atomic E-state index is -0.420. The van der Waals surface area contributed by atoms with Crippen LogP contribution >= 0.6 is 11.6 Å². The van der Waals surface area contributed by atoms with Crippen molar-refractivity contribution in [2.45, 2.75) is 5.88 Å². The van der Waals surface area contributed by atoms with Crippen LogP contribution in [0.4, 0.5) is 0 Å². The summed E-state index contributed by atoms with van der Waals surface area (Å²) in [6.07, 6.45) is 1.65. The summed E-state index contributed by atoms with van der Waals surface area (Å²) in [7, 11) is 1.38. The molecule has 1 amide bonds. The minimum absolute atomic E-state index is 0.239. The Morgan fingerprint density at radius 1 is 1.03 bits per heavy atom. The molecule has 0 bridgehead atoms. The van der Waals surface area contributed by atoms with Gasteiger partial charge in [-0.25, -0.2) is 10.5 Å². The number of halogens is 1. The number of benzene rings is 2. The standard InChI is InChI=1S/C23H18ClN3O2/c1-29-27-23(28)21-12-20-18(14-25-21)11-19(16-5-3-2-4-6-16)22(26-20)17-9-7-15(13-24)8-10-17/h2-12,14H,13H2,1H3,(H,27,28). The lowest BCUT2D eigenvalue weighted by molar-refractivity contribution is 0.0532. The monoisotopic (exact) mass is 403 g/mol. The number of aromatic nitrogens is 2. The van der Waals surface area contributed by atoms with E-state index in [9.17, 15) is 4.79 Å². The molecule has 29 heavy (non-hydrogen) atoms. The molecule has 0 unspecified atom stereocenters. The molecule has 1 N–H and O–H groups in total. The van der Waals surface area contributed by atoms with E-state index in [0.29, 0.717) is 11.4 Å². The smallest absolute Gasteiger partial charge is 0.277 e. The summed E-state index contributed by atoms with van der Waals surface area (Å²) in [6.45, 7) is 0. The number of fused-ring (bicyclic) bond motifs is 1. The maximum absolute atomic E-state index is 12.1. The zero-order valence-electron chi connectivity index (χ0n) is 15.7. The SMILES string of the molecule is CONC(=O)c1cc2nc(-c3ccc(CCl)cc3)c(-c3ccccc3)cc2cn1. The number of carbonyl (C=O) groups is 1. The average Bonchev–Trinajstić information content (AvgIpc) is 2.78. The van der Waals surface area contributed by atoms with Crippen LogP contribution in [0.1, 0.15) is 16.1 Å². The molecule has 2 aromatic carbocycles. The Morgan fingerprint density at radius 2 is 1.79 bits per heavy atom. The van der Waals surface area contributed by atoms with Crippen molar-refractivity contribution in [2.24, 2.45) is 0 Å². The Bertz CT molecular complexity index is 1160. The van der Waals surface area contributed by atoms with Gasteiger partial charge in [-0.05, 0) is 23.3 Å². The van der Waals surface area contributed by atoms with E-state index in [2.05, 4.69) is 10.5 Å². The second kappa shape index (κ2) is 8.39. The number of pyridine rings is 2. The highest BCUT2D eigenvalue weighted by Crippen LogP contribution is 2.33. The third-order valence-corrected chi connectivity index (χ3v) is 4.90. The molecule has 0 aliphatic carbocycles. The summed E-state index contributed by atoms with van der Waals surface area (Å²) in [5, 5.41) is 0.846. The van der Waals surface area contributed by atoms with E-state index in [1.165, 1.54) is 7.11 Å². The van der Waals surface area contributed by atoms with Gasteiger partial charge in [0.2, 0.25) is 0 Å². The molecule has 2 aromatic heterocycles. The molecule has 2 heterocycles. The third-order valence-electron chi connectivity index (χ3n) is 4.59. The van der Waals surface area contributed by atoms with Gasteiger partial charge in [0.1, 0.15) is 5.69 Å². The molecule has 4 aromatic rings. The van der Waals surface area contributed by atoms with Gasteiger partial charge in [-0.3, -0.25) is 14.6 Å². The van der Waals surface area contributed by atoms with Gasteiger partial charge in [-0.1, -0.05) is 54.6 Å². The van der Waals surface area contributed by atoms with Gasteiger partial charge in [0.25, 0.3) is 5.91 Å². The highest BCUT2D eigenvalue weighted by molar-refractivity contribution is 6.17. The van der Waals surface area contributed by atoms with Crippen LogP contribution in [0.2, 0.25) is 0 Å². The minimum Gasteiger partial charge on any atom is -0.277 e. The van der Waals surface area contributed by atoms with Gasteiger partial charge >= 0.3 is 0 Å². The molecule has 0 aliphatic rings. The topological polar surface area (TPSA) is 64.1 Å². The summed E-state index contributed by atoms with van der Waals surface area (Å²) in [5.74, 6) is 0.0389. The lowest BCUT2D eigenvalue weighted by Crippen LogP contribution is -2.22. The van der Waals surface area contributed by atoms with Crippen molar-refractivity contribution in [3.63, 3.8) is 0 Å². The van der Waals surface area contributed by atoms with Crippen molar-refractivity contribution >= 4 is 28.4 Å². The van der Waals surface area contributed by atoms with E-state index in [4.69, 9.17) is 21.4 Å². The Balaban J connectivity index is 1.91. The lowest BCUT2D eigenvalue weighted by Gasteiger charge is -2.12. The molecule has 0 atom stereocenters. The molecule has 0 aliphatic heterocycles. The van der Waals surface area contributed by atoms with E-state index in [0.717, 1.165) is 33.3 Å². The maximum Gasteiger partial charge on any atom is 0.293 e. The zero-order chi connectivity index (χ0) is 20.2. The van der Waals surface area contributed by atoms with Gasteiger partial charge in [0, 0.05) is 28.6 Å². The third kappa shape index (κ3) is 3.97. The fourth-order valence-corrected chi connectivity index (χ4v) is 3.32. The van der Waals surface area contributed by atoms with Crippen molar-refractivity contribution in [1.29, 1.82) is 0 Å². The maximum atomic E-state index is 12.1. The first-order valence-electron chi connectivity index (χ1n) is 9.04. The van der Waals surface area contributed by atoms with E-state index in [1.807, 2.05) is 60.7 Å². The van der Waals surface area contributed by atoms with Crippen LogP contribution in [-0.4, -0.2) is 23.0 Å². The molecule has 4 rings (SSSR count). The number of carbonyl (C=O) groups excluding carboxylic acids is 1. The zero-order valence-corrected chi connectivity index (χ0v) is 16.5. The summed E-state index contributed by atoms with van der Waals surface area (Å²) >= 11 is 5.93. The van der Waals surface area contributed by atoms with E-state index >= 15 is 0 Å². The second-order valence-corrected chi connectivity index (χ2v) is 6.75. The lowest BCUT2D eigenvalue weighted by atomic mass is 9.97. The number of alkyl halides is 1. The van der Waals surface area contributed by atoms with Crippen LogP contribution in [0.3, 0.4) is 0 Å².